The lowest BCUT2D eigenvalue weighted by molar-refractivity contribution is 0.250. The molecule has 2 heterocycles. The van der Waals surface area contributed by atoms with Crippen molar-refractivity contribution in [2.75, 3.05) is 6.61 Å². The number of aromatic nitrogens is 3. The number of benzene rings is 1. The lowest BCUT2D eigenvalue weighted by Crippen LogP contribution is -2.13. The standard InChI is InChI=1S/C15H15N3O/c19-9-15(5-6-15)14-17-8-13(18-14)11-7-16-12-4-2-1-3-10(11)12/h1-4,7-8,16,19H,5-6,9H2,(H,17,18). The molecule has 3 aromatic rings. The molecule has 0 saturated heterocycles. The predicted octanol–water partition coefficient (Wildman–Crippen LogP) is 2.58. The summed E-state index contributed by atoms with van der Waals surface area (Å²) in [7, 11) is 0. The van der Waals surface area contributed by atoms with Gasteiger partial charge in [-0.3, -0.25) is 0 Å². The van der Waals surface area contributed by atoms with Gasteiger partial charge in [0.05, 0.1) is 23.9 Å². The van der Waals surface area contributed by atoms with Crippen molar-refractivity contribution >= 4 is 10.9 Å². The van der Waals surface area contributed by atoms with Crippen molar-refractivity contribution in [1.82, 2.24) is 15.0 Å². The molecule has 0 amide bonds. The normalized spacial score (nSPS) is 16.9. The quantitative estimate of drug-likeness (QED) is 0.671. The Morgan fingerprint density at radius 2 is 2.11 bits per heavy atom. The maximum absolute atomic E-state index is 9.46. The van der Waals surface area contributed by atoms with E-state index in [-0.39, 0.29) is 12.0 Å². The van der Waals surface area contributed by atoms with Crippen molar-refractivity contribution in [1.29, 1.82) is 0 Å². The fourth-order valence-electron chi connectivity index (χ4n) is 2.64. The summed E-state index contributed by atoms with van der Waals surface area (Å²) in [6, 6.07) is 8.21. The third-order valence-corrected chi connectivity index (χ3v) is 4.11. The molecule has 1 aromatic carbocycles. The molecule has 4 nitrogen and oxygen atoms in total. The number of rotatable bonds is 3. The number of para-hydroxylation sites is 1. The number of nitrogens with one attached hydrogen (secondary N) is 2. The molecule has 19 heavy (non-hydrogen) atoms. The lowest BCUT2D eigenvalue weighted by Gasteiger charge is -2.06. The van der Waals surface area contributed by atoms with Crippen LogP contribution in [0.25, 0.3) is 22.2 Å². The molecule has 1 aliphatic carbocycles. The molecule has 0 spiro atoms. The highest BCUT2D eigenvalue weighted by Gasteiger charge is 2.46. The second-order valence-electron chi connectivity index (χ2n) is 5.33. The number of aliphatic hydroxyl groups excluding tert-OH is 1. The number of fused-ring (bicyclic) bond motifs is 1. The Morgan fingerprint density at radius 3 is 2.89 bits per heavy atom. The van der Waals surface area contributed by atoms with Gasteiger partial charge in [-0.15, -0.1) is 0 Å². The molecule has 0 aliphatic heterocycles. The summed E-state index contributed by atoms with van der Waals surface area (Å²) in [4.78, 5) is 11.1. The summed E-state index contributed by atoms with van der Waals surface area (Å²) < 4.78 is 0. The molecule has 0 bridgehead atoms. The zero-order valence-electron chi connectivity index (χ0n) is 10.5. The summed E-state index contributed by atoms with van der Waals surface area (Å²) in [5.74, 6) is 0.912. The van der Waals surface area contributed by atoms with Gasteiger partial charge in [-0.2, -0.15) is 0 Å². The molecular formula is C15H15N3O. The van der Waals surface area contributed by atoms with Crippen molar-refractivity contribution in [3.8, 4) is 11.3 Å². The van der Waals surface area contributed by atoms with Gasteiger partial charge in [0.25, 0.3) is 0 Å². The van der Waals surface area contributed by atoms with Crippen LogP contribution < -0.4 is 0 Å². The maximum Gasteiger partial charge on any atom is 0.115 e. The Balaban J connectivity index is 1.81. The molecule has 0 atom stereocenters. The Bertz CT molecular complexity index is 737. The van der Waals surface area contributed by atoms with Gasteiger partial charge in [-0.25, -0.2) is 4.98 Å². The topological polar surface area (TPSA) is 64.7 Å². The van der Waals surface area contributed by atoms with E-state index in [1.165, 1.54) is 5.39 Å². The molecule has 1 fully saturated rings. The molecule has 2 aromatic heterocycles. The fraction of sp³-hybridized carbons (Fsp3) is 0.267. The Kier molecular flexibility index (Phi) is 2.11. The van der Waals surface area contributed by atoms with Gasteiger partial charge >= 0.3 is 0 Å². The smallest absolute Gasteiger partial charge is 0.115 e. The van der Waals surface area contributed by atoms with Crippen LogP contribution in [0.15, 0.2) is 36.7 Å². The first-order chi connectivity index (χ1) is 9.32. The van der Waals surface area contributed by atoms with E-state index >= 15 is 0 Å². The van der Waals surface area contributed by atoms with Crippen LogP contribution in [-0.2, 0) is 5.41 Å². The molecule has 4 heteroatoms. The number of imidazole rings is 1. The van der Waals surface area contributed by atoms with Crippen molar-refractivity contribution < 1.29 is 5.11 Å². The van der Waals surface area contributed by atoms with Crippen molar-refractivity contribution in [2.45, 2.75) is 18.3 Å². The van der Waals surface area contributed by atoms with Crippen LogP contribution in [-0.4, -0.2) is 26.7 Å². The van der Waals surface area contributed by atoms with Crippen LogP contribution in [0.1, 0.15) is 18.7 Å². The number of nitrogens with zero attached hydrogens (tertiary/aromatic N) is 1. The summed E-state index contributed by atoms with van der Waals surface area (Å²) in [5, 5.41) is 10.6. The number of aliphatic hydroxyl groups is 1. The lowest BCUT2D eigenvalue weighted by atomic mass is 10.1. The minimum atomic E-state index is -0.107. The van der Waals surface area contributed by atoms with Gasteiger partial charge < -0.3 is 15.1 Å². The van der Waals surface area contributed by atoms with E-state index in [2.05, 4.69) is 27.1 Å². The Labute approximate surface area is 110 Å². The molecule has 3 N–H and O–H groups in total. The minimum absolute atomic E-state index is 0.107. The molecule has 4 rings (SSSR count). The van der Waals surface area contributed by atoms with Gasteiger partial charge in [-0.1, -0.05) is 18.2 Å². The summed E-state index contributed by atoms with van der Waals surface area (Å²) in [6.45, 7) is 0.174. The van der Waals surface area contributed by atoms with E-state index in [0.29, 0.717) is 0 Å². The average molecular weight is 253 g/mol. The average Bonchev–Trinajstić information content (AvgIpc) is 2.90. The van der Waals surface area contributed by atoms with Gasteiger partial charge in [0.2, 0.25) is 0 Å². The molecule has 0 unspecified atom stereocenters. The highest BCUT2D eigenvalue weighted by atomic mass is 16.3. The van der Waals surface area contributed by atoms with Crippen LogP contribution in [0.5, 0.6) is 0 Å². The number of hydrogen-bond donors (Lipinski definition) is 3. The largest absolute Gasteiger partial charge is 0.395 e. The van der Waals surface area contributed by atoms with Crippen LogP contribution >= 0.6 is 0 Å². The Hall–Kier alpha value is -2.07. The highest BCUT2D eigenvalue weighted by molar-refractivity contribution is 5.94. The van der Waals surface area contributed by atoms with Crippen LogP contribution in [0.4, 0.5) is 0 Å². The first-order valence-corrected chi connectivity index (χ1v) is 6.55. The monoisotopic (exact) mass is 253 g/mol. The summed E-state index contributed by atoms with van der Waals surface area (Å²) in [5.41, 5.74) is 3.15. The molecular weight excluding hydrogens is 238 g/mol. The van der Waals surface area contributed by atoms with Gasteiger partial charge in [0, 0.05) is 22.7 Å². The zero-order valence-corrected chi connectivity index (χ0v) is 10.5. The van der Waals surface area contributed by atoms with Gasteiger partial charge in [-0.05, 0) is 18.9 Å². The zero-order chi connectivity index (χ0) is 12.9. The summed E-state index contributed by atoms with van der Waals surface area (Å²) >= 11 is 0. The van der Waals surface area contributed by atoms with Crippen LogP contribution in [0.2, 0.25) is 0 Å². The number of hydrogen-bond acceptors (Lipinski definition) is 2. The van der Waals surface area contributed by atoms with Crippen LogP contribution in [0.3, 0.4) is 0 Å². The molecule has 1 saturated carbocycles. The van der Waals surface area contributed by atoms with Crippen molar-refractivity contribution in [3.63, 3.8) is 0 Å². The third-order valence-electron chi connectivity index (χ3n) is 4.11. The first kappa shape index (κ1) is 10.8. The van der Waals surface area contributed by atoms with Gasteiger partial charge in [0.1, 0.15) is 5.82 Å². The molecule has 96 valence electrons. The first-order valence-electron chi connectivity index (χ1n) is 6.55. The van der Waals surface area contributed by atoms with E-state index in [1.54, 1.807) is 0 Å². The highest BCUT2D eigenvalue weighted by Crippen LogP contribution is 2.46. The molecule has 0 radical (unpaired) electrons. The van der Waals surface area contributed by atoms with Gasteiger partial charge in [0.15, 0.2) is 0 Å². The second kappa shape index (κ2) is 3.71. The van der Waals surface area contributed by atoms with E-state index in [1.807, 2.05) is 24.5 Å². The van der Waals surface area contributed by atoms with E-state index in [9.17, 15) is 5.11 Å². The fourth-order valence-corrected chi connectivity index (χ4v) is 2.64. The van der Waals surface area contributed by atoms with Crippen molar-refractivity contribution in [3.05, 3.63) is 42.5 Å². The van der Waals surface area contributed by atoms with E-state index < -0.39 is 0 Å². The second-order valence-corrected chi connectivity index (χ2v) is 5.33. The maximum atomic E-state index is 9.46. The van der Waals surface area contributed by atoms with E-state index in [0.717, 1.165) is 35.4 Å². The Morgan fingerprint density at radius 1 is 1.26 bits per heavy atom. The van der Waals surface area contributed by atoms with E-state index in [4.69, 9.17) is 0 Å². The third kappa shape index (κ3) is 1.53. The minimum Gasteiger partial charge on any atom is -0.395 e. The number of H-pyrrole nitrogens is 2. The SMILES string of the molecule is OCC1(c2ncc(-c3c[nH]c4ccccc34)[nH]2)CC1. The van der Waals surface area contributed by atoms with Crippen LogP contribution in [0, 0.1) is 0 Å². The van der Waals surface area contributed by atoms with Crippen molar-refractivity contribution in [2.24, 2.45) is 0 Å². The predicted molar refractivity (Wildman–Crippen MR) is 73.9 cm³/mol. The molecule has 1 aliphatic rings. The number of aromatic amines is 2. The summed E-state index contributed by atoms with van der Waals surface area (Å²) in [6.07, 6.45) is 5.90.